The van der Waals surface area contributed by atoms with Gasteiger partial charge in [0.05, 0.1) is 5.39 Å². The van der Waals surface area contributed by atoms with Gasteiger partial charge in [-0.3, -0.25) is 0 Å². The number of hydrogen-bond acceptors (Lipinski definition) is 5. The average Bonchev–Trinajstić information content (AvgIpc) is 2.66. The summed E-state index contributed by atoms with van der Waals surface area (Å²) >= 11 is 1.68. The normalized spacial score (nSPS) is 12.9. The molecule has 3 N–H and O–H groups in total. The highest BCUT2D eigenvalue weighted by molar-refractivity contribution is 7.18. The molecule has 1 unspecified atom stereocenters. The standard InChI is InChI=1S/C11H16N4S/c1-3-8(12)5-13-10-9-4-7(2)16-11(9)15-6-14-10/h4,6,8H,3,5,12H2,1-2H3,(H,13,14,15). The SMILES string of the molecule is CCC(N)CNc1ncnc2sc(C)cc12. The Kier molecular flexibility index (Phi) is 3.36. The number of hydrogen-bond donors (Lipinski definition) is 2. The van der Waals surface area contributed by atoms with Gasteiger partial charge in [-0.15, -0.1) is 11.3 Å². The van der Waals surface area contributed by atoms with Gasteiger partial charge in [0.2, 0.25) is 0 Å². The lowest BCUT2D eigenvalue weighted by atomic mass is 10.2. The van der Waals surface area contributed by atoms with Crippen molar-refractivity contribution >= 4 is 27.4 Å². The second-order valence-electron chi connectivity index (χ2n) is 3.85. The van der Waals surface area contributed by atoms with Crippen LogP contribution in [0.25, 0.3) is 10.2 Å². The lowest BCUT2D eigenvalue weighted by Crippen LogP contribution is -2.28. The van der Waals surface area contributed by atoms with Crippen molar-refractivity contribution < 1.29 is 0 Å². The van der Waals surface area contributed by atoms with Gasteiger partial charge < -0.3 is 11.1 Å². The van der Waals surface area contributed by atoms with Crippen molar-refractivity contribution in [3.8, 4) is 0 Å². The number of fused-ring (bicyclic) bond motifs is 1. The molecular weight excluding hydrogens is 220 g/mol. The number of anilines is 1. The van der Waals surface area contributed by atoms with E-state index in [1.54, 1.807) is 17.7 Å². The summed E-state index contributed by atoms with van der Waals surface area (Å²) in [6.07, 6.45) is 2.56. The minimum atomic E-state index is 0.171. The molecule has 0 radical (unpaired) electrons. The minimum absolute atomic E-state index is 0.171. The predicted molar refractivity (Wildman–Crippen MR) is 68.9 cm³/mol. The fourth-order valence-electron chi connectivity index (χ4n) is 1.49. The third kappa shape index (κ3) is 2.31. The predicted octanol–water partition coefficient (Wildman–Crippen LogP) is 2.15. The van der Waals surface area contributed by atoms with Gasteiger partial charge in [-0.05, 0) is 19.4 Å². The molecule has 5 heteroatoms. The second kappa shape index (κ2) is 4.76. The summed E-state index contributed by atoms with van der Waals surface area (Å²) < 4.78 is 0. The van der Waals surface area contributed by atoms with E-state index in [4.69, 9.17) is 5.73 Å². The Morgan fingerprint density at radius 3 is 3.06 bits per heavy atom. The van der Waals surface area contributed by atoms with E-state index in [9.17, 15) is 0 Å². The van der Waals surface area contributed by atoms with Gasteiger partial charge in [-0.1, -0.05) is 6.92 Å². The van der Waals surface area contributed by atoms with E-state index in [0.29, 0.717) is 0 Å². The molecule has 0 fully saturated rings. The molecule has 2 rings (SSSR count). The van der Waals surface area contributed by atoms with E-state index >= 15 is 0 Å². The zero-order valence-electron chi connectivity index (χ0n) is 9.53. The number of aryl methyl sites for hydroxylation is 1. The largest absolute Gasteiger partial charge is 0.368 e. The fraction of sp³-hybridized carbons (Fsp3) is 0.455. The third-order valence-electron chi connectivity index (χ3n) is 2.51. The van der Waals surface area contributed by atoms with Crippen LogP contribution in [-0.2, 0) is 0 Å². The van der Waals surface area contributed by atoms with Crippen LogP contribution in [0.3, 0.4) is 0 Å². The molecule has 0 saturated carbocycles. The first-order valence-electron chi connectivity index (χ1n) is 5.41. The Balaban J connectivity index is 2.23. The van der Waals surface area contributed by atoms with Crippen molar-refractivity contribution in [3.05, 3.63) is 17.3 Å². The summed E-state index contributed by atoms with van der Waals surface area (Å²) in [6.45, 7) is 4.90. The monoisotopic (exact) mass is 236 g/mol. The van der Waals surface area contributed by atoms with E-state index in [1.807, 2.05) is 0 Å². The van der Waals surface area contributed by atoms with Crippen LogP contribution in [0.15, 0.2) is 12.4 Å². The van der Waals surface area contributed by atoms with Crippen molar-refractivity contribution in [2.45, 2.75) is 26.3 Å². The van der Waals surface area contributed by atoms with Crippen LogP contribution in [0.1, 0.15) is 18.2 Å². The molecule has 16 heavy (non-hydrogen) atoms. The number of aromatic nitrogens is 2. The molecule has 0 aromatic carbocycles. The zero-order valence-corrected chi connectivity index (χ0v) is 10.3. The third-order valence-corrected chi connectivity index (χ3v) is 3.47. The molecule has 1 atom stereocenters. The van der Waals surface area contributed by atoms with Gasteiger partial charge in [0.25, 0.3) is 0 Å². The number of nitrogens with two attached hydrogens (primary N) is 1. The van der Waals surface area contributed by atoms with Crippen molar-refractivity contribution in [1.82, 2.24) is 9.97 Å². The maximum absolute atomic E-state index is 5.87. The summed E-state index contributed by atoms with van der Waals surface area (Å²) in [5.74, 6) is 0.887. The molecule has 2 heterocycles. The van der Waals surface area contributed by atoms with Crippen LogP contribution >= 0.6 is 11.3 Å². The average molecular weight is 236 g/mol. The highest BCUT2D eigenvalue weighted by Gasteiger charge is 2.07. The van der Waals surface area contributed by atoms with Crippen LogP contribution in [0, 0.1) is 6.92 Å². The topological polar surface area (TPSA) is 63.8 Å². The van der Waals surface area contributed by atoms with E-state index in [1.165, 1.54) is 4.88 Å². The summed E-state index contributed by atoms with van der Waals surface area (Å²) in [6, 6.07) is 2.28. The molecule has 0 bridgehead atoms. The lowest BCUT2D eigenvalue weighted by molar-refractivity contribution is 0.678. The number of nitrogens with one attached hydrogen (secondary N) is 1. The van der Waals surface area contributed by atoms with Gasteiger partial charge in [0.15, 0.2) is 0 Å². The van der Waals surface area contributed by atoms with Crippen molar-refractivity contribution in [2.24, 2.45) is 5.73 Å². The molecule has 0 amide bonds. The minimum Gasteiger partial charge on any atom is -0.368 e. The Hall–Kier alpha value is -1.20. The Labute approximate surface area is 98.9 Å². The van der Waals surface area contributed by atoms with Crippen molar-refractivity contribution in [2.75, 3.05) is 11.9 Å². The van der Waals surface area contributed by atoms with Gasteiger partial charge >= 0.3 is 0 Å². The Morgan fingerprint density at radius 1 is 1.50 bits per heavy atom. The molecule has 4 nitrogen and oxygen atoms in total. The number of rotatable bonds is 4. The molecule has 2 aromatic heterocycles. The maximum Gasteiger partial charge on any atom is 0.138 e. The quantitative estimate of drug-likeness (QED) is 0.853. The van der Waals surface area contributed by atoms with E-state index < -0.39 is 0 Å². The van der Waals surface area contributed by atoms with E-state index in [2.05, 4.69) is 35.2 Å². The molecule has 86 valence electrons. The van der Waals surface area contributed by atoms with Crippen LogP contribution < -0.4 is 11.1 Å². The molecular formula is C11H16N4S. The van der Waals surface area contributed by atoms with Gasteiger partial charge in [-0.25, -0.2) is 9.97 Å². The van der Waals surface area contributed by atoms with Gasteiger partial charge in [-0.2, -0.15) is 0 Å². The van der Waals surface area contributed by atoms with E-state index in [0.717, 1.165) is 29.0 Å². The molecule has 0 spiro atoms. The first kappa shape index (κ1) is 11.3. The van der Waals surface area contributed by atoms with Crippen LogP contribution in [0.4, 0.5) is 5.82 Å². The number of thiophene rings is 1. The lowest BCUT2D eigenvalue weighted by Gasteiger charge is -2.10. The Morgan fingerprint density at radius 2 is 2.31 bits per heavy atom. The highest BCUT2D eigenvalue weighted by Crippen LogP contribution is 2.27. The summed E-state index contributed by atoms with van der Waals surface area (Å²) in [7, 11) is 0. The summed E-state index contributed by atoms with van der Waals surface area (Å²) in [5, 5.41) is 4.37. The van der Waals surface area contributed by atoms with Crippen molar-refractivity contribution in [1.29, 1.82) is 0 Å². The molecule has 0 aliphatic rings. The van der Waals surface area contributed by atoms with Crippen LogP contribution in [-0.4, -0.2) is 22.6 Å². The smallest absolute Gasteiger partial charge is 0.138 e. The van der Waals surface area contributed by atoms with Crippen LogP contribution in [0.2, 0.25) is 0 Å². The van der Waals surface area contributed by atoms with E-state index in [-0.39, 0.29) is 6.04 Å². The summed E-state index contributed by atoms with van der Waals surface area (Å²) in [5.41, 5.74) is 5.87. The van der Waals surface area contributed by atoms with Gasteiger partial charge in [0.1, 0.15) is 17.0 Å². The highest BCUT2D eigenvalue weighted by atomic mass is 32.1. The first-order valence-corrected chi connectivity index (χ1v) is 6.23. The molecule has 0 saturated heterocycles. The fourth-order valence-corrected chi connectivity index (χ4v) is 2.34. The molecule has 2 aromatic rings. The van der Waals surface area contributed by atoms with Crippen molar-refractivity contribution in [3.63, 3.8) is 0 Å². The summed E-state index contributed by atoms with van der Waals surface area (Å²) in [4.78, 5) is 10.8. The van der Waals surface area contributed by atoms with Gasteiger partial charge in [0, 0.05) is 17.5 Å². The Bertz CT molecular complexity index is 480. The molecule has 0 aliphatic carbocycles. The second-order valence-corrected chi connectivity index (χ2v) is 5.08. The van der Waals surface area contributed by atoms with Crippen LogP contribution in [0.5, 0.6) is 0 Å². The first-order chi connectivity index (χ1) is 7.70. The molecule has 0 aliphatic heterocycles. The zero-order chi connectivity index (χ0) is 11.5. The number of nitrogens with zero attached hydrogens (tertiary/aromatic N) is 2. The maximum atomic E-state index is 5.87.